The Hall–Kier alpha value is -3.37. The van der Waals surface area contributed by atoms with E-state index >= 15 is 0 Å². The van der Waals surface area contributed by atoms with Gasteiger partial charge in [-0.1, -0.05) is 60.1 Å². The summed E-state index contributed by atoms with van der Waals surface area (Å²) in [5, 5.41) is 0.573. The predicted molar refractivity (Wildman–Crippen MR) is 122 cm³/mol. The Balaban J connectivity index is 1.92. The highest BCUT2D eigenvalue weighted by atomic mass is 35.5. The monoisotopic (exact) mass is 416 g/mol. The number of likely N-dealkylation sites (N-methyl/N-ethyl adjacent to an activating group) is 1. The Bertz CT molecular complexity index is 1140. The fourth-order valence-electron chi connectivity index (χ4n) is 3.76. The topological polar surface area (TPSA) is 40.6 Å². The average molecular weight is 417 g/mol. The number of hydrogen-bond acceptors (Lipinski definition) is 3. The summed E-state index contributed by atoms with van der Waals surface area (Å²) >= 11 is 6.06. The van der Waals surface area contributed by atoms with Crippen molar-refractivity contribution in [3.05, 3.63) is 101 Å². The molecule has 5 heteroatoms. The molecule has 4 nitrogen and oxygen atoms in total. The lowest BCUT2D eigenvalue weighted by Crippen LogP contribution is -2.35. The lowest BCUT2D eigenvalue weighted by atomic mass is 10.0. The van der Waals surface area contributed by atoms with Crippen LogP contribution in [0.4, 0.5) is 11.4 Å². The standard InChI is InChI=1S/C25H21ClN2O2/c1-3-27(20-10-5-4-6-11-20)23-22(18-13-15-19(26)16-14-18)24(29)28(25(23)30)21-12-8-7-9-17(21)2/h4-16H,3H2,1-2H3. The Morgan fingerprint density at radius 1 is 0.833 bits per heavy atom. The number of aryl methyl sites for hydroxylation is 1. The first-order valence-corrected chi connectivity index (χ1v) is 10.2. The molecule has 3 aromatic carbocycles. The van der Waals surface area contributed by atoms with Crippen LogP contribution < -0.4 is 9.80 Å². The van der Waals surface area contributed by atoms with Gasteiger partial charge < -0.3 is 4.90 Å². The van der Waals surface area contributed by atoms with Crippen molar-refractivity contribution in [2.45, 2.75) is 13.8 Å². The minimum atomic E-state index is -0.332. The smallest absolute Gasteiger partial charge is 0.282 e. The molecule has 0 aliphatic carbocycles. The van der Waals surface area contributed by atoms with Gasteiger partial charge in [-0.15, -0.1) is 0 Å². The molecule has 0 fully saturated rings. The van der Waals surface area contributed by atoms with Gasteiger partial charge in [0, 0.05) is 17.3 Å². The second-order valence-corrected chi connectivity index (χ2v) is 7.48. The number of nitrogens with zero attached hydrogens (tertiary/aromatic N) is 2. The summed E-state index contributed by atoms with van der Waals surface area (Å²) in [6, 6.07) is 24.1. The van der Waals surface area contributed by atoms with E-state index in [1.807, 2.05) is 67.3 Å². The third-order valence-corrected chi connectivity index (χ3v) is 5.45. The van der Waals surface area contributed by atoms with Crippen molar-refractivity contribution in [1.82, 2.24) is 0 Å². The fourth-order valence-corrected chi connectivity index (χ4v) is 3.88. The summed E-state index contributed by atoms with van der Waals surface area (Å²) in [7, 11) is 0. The third kappa shape index (κ3) is 3.40. The first-order chi connectivity index (χ1) is 14.5. The highest BCUT2D eigenvalue weighted by molar-refractivity contribution is 6.46. The molecule has 0 spiro atoms. The zero-order valence-electron chi connectivity index (χ0n) is 16.8. The lowest BCUT2D eigenvalue weighted by Gasteiger charge is -2.25. The Kier molecular flexibility index (Phi) is 5.42. The number of imide groups is 1. The minimum Gasteiger partial charge on any atom is -0.337 e. The van der Waals surface area contributed by atoms with E-state index in [0.29, 0.717) is 34.1 Å². The molecule has 3 aromatic rings. The molecule has 2 amide bonds. The number of carbonyl (C=O) groups is 2. The molecule has 0 unspecified atom stereocenters. The lowest BCUT2D eigenvalue weighted by molar-refractivity contribution is -0.120. The predicted octanol–water partition coefficient (Wildman–Crippen LogP) is 5.46. The summed E-state index contributed by atoms with van der Waals surface area (Å²) in [5.74, 6) is -0.661. The first-order valence-electron chi connectivity index (χ1n) is 9.80. The van der Waals surface area contributed by atoms with E-state index in [1.165, 1.54) is 4.90 Å². The van der Waals surface area contributed by atoms with Crippen LogP contribution in [0.25, 0.3) is 5.57 Å². The SMILES string of the molecule is CCN(C1=C(c2ccc(Cl)cc2)C(=O)N(c2ccccc2C)C1=O)c1ccccc1. The first kappa shape index (κ1) is 19.9. The van der Waals surface area contributed by atoms with E-state index in [0.717, 1.165) is 11.3 Å². The number of para-hydroxylation sites is 2. The number of halogens is 1. The molecule has 0 atom stereocenters. The third-order valence-electron chi connectivity index (χ3n) is 5.20. The summed E-state index contributed by atoms with van der Waals surface area (Å²) in [6.07, 6.45) is 0. The Morgan fingerprint density at radius 3 is 2.10 bits per heavy atom. The number of carbonyl (C=O) groups excluding carboxylic acids is 2. The fraction of sp³-hybridized carbons (Fsp3) is 0.120. The molecular weight excluding hydrogens is 396 g/mol. The zero-order valence-corrected chi connectivity index (χ0v) is 17.6. The molecule has 1 heterocycles. The molecule has 0 saturated carbocycles. The van der Waals surface area contributed by atoms with E-state index in [9.17, 15) is 9.59 Å². The Labute approximate surface area is 181 Å². The number of benzene rings is 3. The van der Waals surface area contributed by atoms with E-state index in [-0.39, 0.29) is 11.8 Å². The van der Waals surface area contributed by atoms with E-state index in [1.54, 1.807) is 30.3 Å². The van der Waals surface area contributed by atoms with Crippen molar-refractivity contribution >= 4 is 40.4 Å². The van der Waals surface area contributed by atoms with Crippen molar-refractivity contribution < 1.29 is 9.59 Å². The summed E-state index contributed by atoms with van der Waals surface area (Å²) < 4.78 is 0. The highest BCUT2D eigenvalue weighted by Gasteiger charge is 2.43. The molecule has 4 rings (SSSR count). The van der Waals surface area contributed by atoms with Crippen LogP contribution in [-0.2, 0) is 9.59 Å². The van der Waals surface area contributed by atoms with Crippen LogP contribution in [0.5, 0.6) is 0 Å². The summed E-state index contributed by atoms with van der Waals surface area (Å²) in [5.41, 5.74) is 3.73. The van der Waals surface area contributed by atoms with Gasteiger partial charge in [0.15, 0.2) is 0 Å². The molecule has 1 aliphatic rings. The quantitative estimate of drug-likeness (QED) is 0.518. The van der Waals surface area contributed by atoms with Gasteiger partial charge in [0.05, 0.1) is 11.3 Å². The number of amides is 2. The molecular formula is C25H21ClN2O2. The number of anilines is 2. The van der Waals surface area contributed by atoms with Crippen molar-refractivity contribution in [2.24, 2.45) is 0 Å². The van der Waals surface area contributed by atoms with E-state index < -0.39 is 0 Å². The molecule has 150 valence electrons. The van der Waals surface area contributed by atoms with Crippen LogP contribution in [0.3, 0.4) is 0 Å². The second-order valence-electron chi connectivity index (χ2n) is 7.04. The molecule has 0 bridgehead atoms. The zero-order chi connectivity index (χ0) is 21.3. The highest BCUT2D eigenvalue weighted by Crippen LogP contribution is 2.37. The van der Waals surface area contributed by atoms with Crippen LogP contribution in [0.15, 0.2) is 84.6 Å². The van der Waals surface area contributed by atoms with Crippen molar-refractivity contribution in [3.8, 4) is 0 Å². The van der Waals surface area contributed by atoms with Crippen molar-refractivity contribution in [3.63, 3.8) is 0 Å². The van der Waals surface area contributed by atoms with Crippen LogP contribution in [0.1, 0.15) is 18.1 Å². The van der Waals surface area contributed by atoms with Crippen LogP contribution in [0, 0.1) is 6.92 Å². The van der Waals surface area contributed by atoms with Gasteiger partial charge in [0.2, 0.25) is 0 Å². The van der Waals surface area contributed by atoms with Gasteiger partial charge in [-0.2, -0.15) is 0 Å². The molecule has 0 saturated heterocycles. The second kappa shape index (κ2) is 8.17. The summed E-state index contributed by atoms with van der Waals surface area (Å²) in [4.78, 5) is 30.4. The van der Waals surface area contributed by atoms with Crippen LogP contribution in [0.2, 0.25) is 5.02 Å². The van der Waals surface area contributed by atoms with Gasteiger partial charge in [0.25, 0.3) is 11.8 Å². The van der Waals surface area contributed by atoms with Crippen LogP contribution >= 0.6 is 11.6 Å². The largest absolute Gasteiger partial charge is 0.337 e. The molecule has 0 N–H and O–H groups in total. The molecule has 30 heavy (non-hydrogen) atoms. The van der Waals surface area contributed by atoms with Gasteiger partial charge in [0.1, 0.15) is 5.70 Å². The van der Waals surface area contributed by atoms with Crippen molar-refractivity contribution in [2.75, 3.05) is 16.3 Å². The maximum atomic E-state index is 13.7. The number of rotatable bonds is 5. The number of hydrogen-bond donors (Lipinski definition) is 0. The maximum Gasteiger partial charge on any atom is 0.282 e. The van der Waals surface area contributed by atoms with E-state index in [2.05, 4.69) is 0 Å². The van der Waals surface area contributed by atoms with E-state index in [4.69, 9.17) is 11.6 Å². The minimum absolute atomic E-state index is 0.329. The van der Waals surface area contributed by atoms with Gasteiger partial charge in [-0.25, -0.2) is 4.90 Å². The molecule has 0 radical (unpaired) electrons. The van der Waals surface area contributed by atoms with Gasteiger partial charge in [-0.05, 0) is 55.3 Å². The molecule has 1 aliphatic heterocycles. The summed E-state index contributed by atoms with van der Waals surface area (Å²) in [6.45, 7) is 4.40. The van der Waals surface area contributed by atoms with Crippen LogP contribution in [-0.4, -0.2) is 18.4 Å². The Morgan fingerprint density at radius 2 is 1.47 bits per heavy atom. The van der Waals surface area contributed by atoms with Gasteiger partial charge in [-0.3, -0.25) is 9.59 Å². The normalized spacial score (nSPS) is 13.9. The molecule has 0 aromatic heterocycles. The van der Waals surface area contributed by atoms with Gasteiger partial charge >= 0.3 is 0 Å². The van der Waals surface area contributed by atoms with Crippen molar-refractivity contribution in [1.29, 1.82) is 0 Å². The average Bonchev–Trinajstić information content (AvgIpc) is 3.01. The maximum absolute atomic E-state index is 13.7.